The fraction of sp³-hybridized carbons (Fsp3) is 0.379. The summed E-state index contributed by atoms with van der Waals surface area (Å²) in [4.78, 5) is 2.61. The van der Waals surface area contributed by atoms with Crippen LogP contribution < -0.4 is 4.74 Å². The maximum atomic E-state index is 11.1. The first-order chi connectivity index (χ1) is 15.8. The number of nitrogens with zero attached hydrogens (tertiary/aromatic N) is 1. The van der Waals surface area contributed by atoms with Gasteiger partial charge in [-0.15, -0.1) is 0 Å². The van der Waals surface area contributed by atoms with Crippen molar-refractivity contribution >= 4 is 0 Å². The van der Waals surface area contributed by atoms with Gasteiger partial charge in [0.1, 0.15) is 12.4 Å². The molecule has 1 aliphatic heterocycles. The Morgan fingerprint density at radius 1 is 0.875 bits per heavy atom. The van der Waals surface area contributed by atoms with Crippen molar-refractivity contribution in [3.05, 3.63) is 101 Å². The Balaban J connectivity index is 1.22. The van der Waals surface area contributed by atoms with Gasteiger partial charge in [-0.25, -0.2) is 0 Å². The molecule has 3 aromatic carbocycles. The third-order valence-corrected chi connectivity index (χ3v) is 7.18. The summed E-state index contributed by atoms with van der Waals surface area (Å²) in [5.41, 5.74) is 4.88. The third kappa shape index (κ3) is 4.90. The fourth-order valence-electron chi connectivity index (χ4n) is 5.47. The van der Waals surface area contributed by atoms with E-state index in [1.807, 2.05) is 24.3 Å². The number of rotatable bonds is 6. The monoisotopic (exact) mass is 427 g/mol. The first kappa shape index (κ1) is 21.2. The standard InChI is InChI=1S/C29H33NO2/c31-28-18-23(19-30-17-16-25(20-30)24-10-5-2-6-11-24)14-15-27-26(28)12-7-13-29(27)32-21-22-8-3-1-4-9-22/h1-13,23,25,28,31H,14-21H2. The molecule has 1 heterocycles. The number of hydrogen-bond acceptors (Lipinski definition) is 3. The zero-order valence-electron chi connectivity index (χ0n) is 18.7. The Kier molecular flexibility index (Phi) is 6.56. The van der Waals surface area contributed by atoms with Gasteiger partial charge in [0.25, 0.3) is 0 Å². The number of aliphatic hydroxyl groups excluding tert-OH is 1. The molecule has 1 saturated heterocycles. The molecule has 0 saturated carbocycles. The van der Waals surface area contributed by atoms with Crippen LogP contribution in [0, 0.1) is 5.92 Å². The predicted octanol–water partition coefficient (Wildman–Crippen LogP) is 5.74. The average Bonchev–Trinajstić information content (AvgIpc) is 3.24. The highest BCUT2D eigenvalue weighted by molar-refractivity contribution is 5.42. The van der Waals surface area contributed by atoms with Crippen molar-refractivity contribution in [2.24, 2.45) is 5.92 Å². The summed E-state index contributed by atoms with van der Waals surface area (Å²) in [7, 11) is 0. The Hall–Kier alpha value is -2.62. The number of likely N-dealkylation sites (tertiary alicyclic amines) is 1. The van der Waals surface area contributed by atoms with Crippen molar-refractivity contribution in [3.63, 3.8) is 0 Å². The van der Waals surface area contributed by atoms with E-state index in [0.29, 0.717) is 18.4 Å². The highest BCUT2D eigenvalue weighted by Crippen LogP contribution is 2.38. The van der Waals surface area contributed by atoms with Gasteiger partial charge in [-0.05, 0) is 72.4 Å². The van der Waals surface area contributed by atoms with Crippen LogP contribution >= 0.6 is 0 Å². The summed E-state index contributed by atoms with van der Waals surface area (Å²) in [5, 5.41) is 11.1. The quantitative estimate of drug-likeness (QED) is 0.509. The molecule has 3 nitrogen and oxygen atoms in total. The molecule has 1 N–H and O–H groups in total. The number of fused-ring (bicyclic) bond motifs is 1. The molecule has 3 unspecified atom stereocenters. The van der Waals surface area contributed by atoms with Crippen LogP contribution in [-0.4, -0.2) is 29.6 Å². The van der Waals surface area contributed by atoms with Crippen LogP contribution in [0.1, 0.15) is 53.5 Å². The van der Waals surface area contributed by atoms with Crippen LogP contribution in [0.25, 0.3) is 0 Å². The van der Waals surface area contributed by atoms with E-state index in [0.717, 1.165) is 50.2 Å². The van der Waals surface area contributed by atoms with E-state index in [4.69, 9.17) is 4.74 Å². The van der Waals surface area contributed by atoms with Crippen LogP contribution in [0.15, 0.2) is 78.9 Å². The lowest BCUT2D eigenvalue weighted by Crippen LogP contribution is -2.28. The van der Waals surface area contributed by atoms with E-state index in [9.17, 15) is 5.11 Å². The maximum Gasteiger partial charge on any atom is 0.123 e. The Labute approximate surface area is 191 Å². The van der Waals surface area contributed by atoms with Gasteiger partial charge >= 0.3 is 0 Å². The molecule has 2 aliphatic rings. The van der Waals surface area contributed by atoms with E-state index in [1.165, 1.54) is 23.1 Å². The summed E-state index contributed by atoms with van der Waals surface area (Å²) >= 11 is 0. The number of aliphatic hydroxyl groups is 1. The number of benzene rings is 3. The molecule has 0 radical (unpaired) electrons. The van der Waals surface area contributed by atoms with Crippen LogP contribution in [0.4, 0.5) is 0 Å². The Morgan fingerprint density at radius 2 is 1.66 bits per heavy atom. The van der Waals surface area contributed by atoms with Crippen molar-refractivity contribution in [3.8, 4) is 5.75 Å². The lowest BCUT2D eigenvalue weighted by Gasteiger charge is -2.24. The fourth-order valence-corrected chi connectivity index (χ4v) is 5.47. The molecule has 0 bridgehead atoms. The van der Waals surface area contributed by atoms with Crippen LogP contribution in [0.5, 0.6) is 5.75 Å². The second-order valence-corrected chi connectivity index (χ2v) is 9.41. The molecule has 32 heavy (non-hydrogen) atoms. The Bertz CT molecular complexity index is 1000. The van der Waals surface area contributed by atoms with E-state index < -0.39 is 6.10 Å². The molecule has 1 aliphatic carbocycles. The van der Waals surface area contributed by atoms with Gasteiger partial charge in [-0.3, -0.25) is 0 Å². The Morgan fingerprint density at radius 3 is 2.47 bits per heavy atom. The third-order valence-electron chi connectivity index (χ3n) is 7.18. The average molecular weight is 428 g/mol. The zero-order chi connectivity index (χ0) is 21.8. The SMILES string of the molecule is OC1CC(CN2CCC(c3ccccc3)C2)CCc2c(OCc3ccccc3)cccc21. The van der Waals surface area contributed by atoms with Gasteiger partial charge in [0.2, 0.25) is 0 Å². The van der Waals surface area contributed by atoms with Crippen LogP contribution in [0.3, 0.4) is 0 Å². The second kappa shape index (κ2) is 9.89. The summed E-state index contributed by atoms with van der Waals surface area (Å²) < 4.78 is 6.20. The minimum Gasteiger partial charge on any atom is -0.489 e. The summed E-state index contributed by atoms with van der Waals surface area (Å²) in [6, 6.07) is 27.4. The number of hydrogen-bond donors (Lipinski definition) is 1. The van der Waals surface area contributed by atoms with E-state index in [2.05, 4.69) is 59.5 Å². The van der Waals surface area contributed by atoms with E-state index in [1.54, 1.807) is 0 Å². The lowest BCUT2D eigenvalue weighted by atomic mass is 9.97. The van der Waals surface area contributed by atoms with Gasteiger partial charge in [-0.2, -0.15) is 0 Å². The van der Waals surface area contributed by atoms with Crippen molar-refractivity contribution in [2.75, 3.05) is 19.6 Å². The van der Waals surface area contributed by atoms with Crippen molar-refractivity contribution in [1.29, 1.82) is 0 Å². The van der Waals surface area contributed by atoms with Crippen LogP contribution in [0.2, 0.25) is 0 Å². The molecule has 166 valence electrons. The topological polar surface area (TPSA) is 32.7 Å². The largest absolute Gasteiger partial charge is 0.489 e. The molecule has 0 spiro atoms. The van der Waals surface area contributed by atoms with E-state index in [-0.39, 0.29) is 0 Å². The van der Waals surface area contributed by atoms with Crippen molar-refractivity contribution < 1.29 is 9.84 Å². The predicted molar refractivity (Wildman–Crippen MR) is 129 cm³/mol. The van der Waals surface area contributed by atoms with Gasteiger partial charge in [0.05, 0.1) is 6.10 Å². The highest BCUT2D eigenvalue weighted by Gasteiger charge is 2.29. The maximum absolute atomic E-state index is 11.1. The smallest absolute Gasteiger partial charge is 0.123 e. The molecule has 3 heteroatoms. The van der Waals surface area contributed by atoms with Crippen molar-refractivity contribution in [2.45, 2.75) is 44.3 Å². The molecule has 5 rings (SSSR count). The normalized spacial score (nSPS) is 23.5. The minimum absolute atomic E-state index is 0.412. The molecule has 1 fully saturated rings. The summed E-state index contributed by atoms with van der Waals surface area (Å²) in [5.74, 6) is 2.08. The highest BCUT2D eigenvalue weighted by atomic mass is 16.5. The van der Waals surface area contributed by atoms with Crippen molar-refractivity contribution in [1.82, 2.24) is 4.90 Å². The van der Waals surface area contributed by atoms with Gasteiger partial charge in [0, 0.05) is 13.1 Å². The van der Waals surface area contributed by atoms with Gasteiger partial charge < -0.3 is 14.7 Å². The zero-order valence-corrected chi connectivity index (χ0v) is 18.7. The molecule has 3 atom stereocenters. The van der Waals surface area contributed by atoms with E-state index >= 15 is 0 Å². The molecule has 0 aromatic heterocycles. The first-order valence-corrected chi connectivity index (χ1v) is 12.0. The number of ether oxygens (including phenoxy) is 1. The first-order valence-electron chi connectivity index (χ1n) is 12.0. The van der Waals surface area contributed by atoms with Gasteiger partial charge in [0.15, 0.2) is 0 Å². The minimum atomic E-state index is -0.412. The molecule has 3 aromatic rings. The second-order valence-electron chi connectivity index (χ2n) is 9.41. The lowest BCUT2D eigenvalue weighted by molar-refractivity contribution is 0.131. The molecular weight excluding hydrogens is 394 g/mol. The molecule has 0 amide bonds. The summed E-state index contributed by atoms with van der Waals surface area (Å²) in [6.45, 7) is 3.93. The summed E-state index contributed by atoms with van der Waals surface area (Å²) in [6.07, 6.45) is 3.73. The molecular formula is C29H33NO2. The van der Waals surface area contributed by atoms with Gasteiger partial charge in [-0.1, -0.05) is 72.8 Å². The van der Waals surface area contributed by atoms with Crippen LogP contribution in [-0.2, 0) is 13.0 Å².